The molecule has 1 aromatic heterocycles. The lowest BCUT2D eigenvalue weighted by molar-refractivity contribution is -0.140. The second-order valence-electron chi connectivity index (χ2n) is 4.60. The molecule has 0 radical (unpaired) electrons. The van der Waals surface area contributed by atoms with Crippen molar-refractivity contribution in [1.82, 2.24) is 10.5 Å². The Labute approximate surface area is 104 Å². The Kier molecular flexibility index (Phi) is 2.76. The van der Waals surface area contributed by atoms with Crippen LogP contribution in [0.25, 0.3) is 10.9 Å². The number of nitrogens with zero attached hydrogens (tertiary/aromatic N) is 1. The molecule has 5 nitrogen and oxygen atoms in total. The van der Waals surface area contributed by atoms with E-state index in [9.17, 15) is 4.79 Å². The Bertz CT molecular complexity index is 578. The molecule has 2 aromatic rings. The zero-order valence-corrected chi connectivity index (χ0v) is 9.80. The molecule has 5 heteroatoms. The molecule has 0 amide bonds. The van der Waals surface area contributed by atoms with Gasteiger partial charge >= 0.3 is 5.97 Å². The molecule has 2 N–H and O–H groups in total. The van der Waals surface area contributed by atoms with Gasteiger partial charge in [0.05, 0.1) is 6.04 Å². The standard InChI is InChI=1S/C13H14N2O3/c16-13(17)11-7-3-6-10(14-11)12-8-4-1-2-5-9(8)15-18-12/h1-2,4-5,10-11,14H,3,6-7H2,(H,16,17). The molecule has 3 rings (SSSR count). The summed E-state index contributed by atoms with van der Waals surface area (Å²) in [6.45, 7) is 0. The predicted molar refractivity (Wildman–Crippen MR) is 65.2 cm³/mol. The molecule has 1 aliphatic rings. The highest BCUT2D eigenvalue weighted by atomic mass is 16.5. The third kappa shape index (κ3) is 1.86. The number of nitrogens with one attached hydrogen (secondary N) is 1. The van der Waals surface area contributed by atoms with Gasteiger partial charge < -0.3 is 9.63 Å². The summed E-state index contributed by atoms with van der Waals surface area (Å²) < 4.78 is 5.38. The number of carboxylic acids is 1. The molecule has 1 fully saturated rings. The fourth-order valence-corrected chi connectivity index (χ4v) is 2.50. The van der Waals surface area contributed by atoms with Crippen molar-refractivity contribution in [2.24, 2.45) is 0 Å². The van der Waals surface area contributed by atoms with Gasteiger partial charge in [0, 0.05) is 5.39 Å². The molecule has 18 heavy (non-hydrogen) atoms. The van der Waals surface area contributed by atoms with Crippen LogP contribution in [-0.4, -0.2) is 22.3 Å². The monoisotopic (exact) mass is 246 g/mol. The molecule has 2 heterocycles. The highest BCUT2D eigenvalue weighted by Gasteiger charge is 2.29. The van der Waals surface area contributed by atoms with Gasteiger partial charge in [-0.2, -0.15) is 0 Å². The quantitative estimate of drug-likeness (QED) is 0.848. The second kappa shape index (κ2) is 4.42. The first-order chi connectivity index (χ1) is 8.75. The summed E-state index contributed by atoms with van der Waals surface area (Å²) in [5.41, 5.74) is 0.812. The van der Waals surface area contributed by atoms with Crippen molar-refractivity contribution in [3.05, 3.63) is 30.0 Å². The van der Waals surface area contributed by atoms with E-state index < -0.39 is 12.0 Å². The first kappa shape index (κ1) is 11.2. The Morgan fingerprint density at radius 1 is 1.39 bits per heavy atom. The molecular formula is C13H14N2O3. The van der Waals surface area contributed by atoms with Gasteiger partial charge in [0.25, 0.3) is 0 Å². The van der Waals surface area contributed by atoms with Gasteiger partial charge in [-0.3, -0.25) is 10.1 Å². The van der Waals surface area contributed by atoms with Crippen molar-refractivity contribution >= 4 is 16.9 Å². The number of benzene rings is 1. The Morgan fingerprint density at radius 2 is 2.22 bits per heavy atom. The van der Waals surface area contributed by atoms with E-state index in [0.717, 1.165) is 29.5 Å². The van der Waals surface area contributed by atoms with Crippen LogP contribution in [0, 0.1) is 0 Å². The summed E-state index contributed by atoms with van der Waals surface area (Å²) >= 11 is 0. The number of rotatable bonds is 2. The number of aliphatic carboxylic acids is 1. The molecule has 94 valence electrons. The van der Waals surface area contributed by atoms with Crippen LogP contribution in [0.3, 0.4) is 0 Å². The van der Waals surface area contributed by atoms with Gasteiger partial charge in [0.15, 0.2) is 5.76 Å². The van der Waals surface area contributed by atoms with E-state index in [2.05, 4.69) is 10.5 Å². The molecule has 0 bridgehead atoms. The van der Waals surface area contributed by atoms with E-state index in [0.29, 0.717) is 6.42 Å². The first-order valence-corrected chi connectivity index (χ1v) is 6.09. The smallest absolute Gasteiger partial charge is 0.320 e. The van der Waals surface area contributed by atoms with Crippen molar-refractivity contribution in [2.75, 3.05) is 0 Å². The SMILES string of the molecule is O=C(O)C1CCCC(c2onc3ccccc23)N1. The zero-order valence-electron chi connectivity index (χ0n) is 9.80. The Hall–Kier alpha value is -1.88. The van der Waals surface area contributed by atoms with Crippen LogP contribution in [-0.2, 0) is 4.79 Å². The Balaban J connectivity index is 1.92. The largest absolute Gasteiger partial charge is 0.480 e. The maximum Gasteiger partial charge on any atom is 0.320 e. The molecule has 0 spiro atoms. The van der Waals surface area contributed by atoms with Gasteiger partial charge in [0.2, 0.25) is 0 Å². The molecule has 2 unspecified atom stereocenters. The number of piperidine rings is 1. The van der Waals surface area contributed by atoms with Crippen LogP contribution in [0.4, 0.5) is 0 Å². The van der Waals surface area contributed by atoms with Crippen LogP contribution < -0.4 is 5.32 Å². The van der Waals surface area contributed by atoms with Crippen molar-refractivity contribution in [3.8, 4) is 0 Å². The topological polar surface area (TPSA) is 75.4 Å². The third-order valence-corrected chi connectivity index (χ3v) is 3.41. The lowest BCUT2D eigenvalue weighted by Gasteiger charge is -2.26. The van der Waals surface area contributed by atoms with Gasteiger partial charge in [-0.15, -0.1) is 0 Å². The number of carbonyl (C=O) groups is 1. The number of aromatic nitrogens is 1. The number of hydrogen-bond acceptors (Lipinski definition) is 4. The van der Waals surface area contributed by atoms with E-state index in [1.54, 1.807) is 0 Å². The third-order valence-electron chi connectivity index (χ3n) is 3.41. The van der Waals surface area contributed by atoms with Gasteiger partial charge in [-0.1, -0.05) is 17.3 Å². The molecular weight excluding hydrogens is 232 g/mol. The van der Waals surface area contributed by atoms with E-state index in [1.807, 2.05) is 24.3 Å². The number of fused-ring (bicyclic) bond motifs is 1. The van der Waals surface area contributed by atoms with E-state index in [1.165, 1.54) is 0 Å². The highest BCUT2D eigenvalue weighted by molar-refractivity contribution is 5.81. The van der Waals surface area contributed by atoms with Crippen molar-refractivity contribution < 1.29 is 14.4 Å². The normalized spacial score (nSPS) is 24.2. The average Bonchev–Trinajstić information content (AvgIpc) is 2.82. The number of carboxylic acid groups (broad SMARTS) is 1. The van der Waals surface area contributed by atoms with Crippen molar-refractivity contribution in [2.45, 2.75) is 31.3 Å². The number of hydrogen-bond donors (Lipinski definition) is 2. The maximum absolute atomic E-state index is 11.0. The molecule has 1 aromatic carbocycles. The fraction of sp³-hybridized carbons (Fsp3) is 0.385. The van der Waals surface area contributed by atoms with Crippen LogP contribution in [0.5, 0.6) is 0 Å². The maximum atomic E-state index is 11.0. The van der Waals surface area contributed by atoms with E-state index in [4.69, 9.17) is 9.63 Å². The van der Waals surface area contributed by atoms with Crippen molar-refractivity contribution in [3.63, 3.8) is 0 Å². The Morgan fingerprint density at radius 3 is 3.06 bits per heavy atom. The molecule has 2 atom stereocenters. The zero-order chi connectivity index (χ0) is 12.5. The summed E-state index contributed by atoms with van der Waals surface area (Å²) in [5, 5.41) is 17.1. The van der Waals surface area contributed by atoms with Crippen molar-refractivity contribution in [1.29, 1.82) is 0 Å². The minimum absolute atomic E-state index is 0.0627. The second-order valence-corrected chi connectivity index (χ2v) is 4.60. The van der Waals surface area contributed by atoms with Crippen LogP contribution in [0.2, 0.25) is 0 Å². The lowest BCUT2D eigenvalue weighted by Crippen LogP contribution is -2.42. The summed E-state index contributed by atoms with van der Waals surface area (Å²) in [5.74, 6) is -0.0555. The van der Waals surface area contributed by atoms with Gasteiger partial charge in [-0.25, -0.2) is 0 Å². The van der Waals surface area contributed by atoms with Crippen LogP contribution >= 0.6 is 0 Å². The molecule has 1 aliphatic heterocycles. The molecule has 0 aliphatic carbocycles. The van der Waals surface area contributed by atoms with Crippen LogP contribution in [0.1, 0.15) is 31.1 Å². The summed E-state index contributed by atoms with van der Waals surface area (Å²) in [7, 11) is 0. The predicted octanol–water partition coefficient (Wildman–Crippen LogP) is 2.10. The lowest BCUT2D eigenvalue weighted by atomic mass is 9.95. The van der Waals surface area contributed by atoms with Gasteiger partial charge in [0.1, 0.15) is 11.6 Å². The average molecular weight is 246 g/mol. The van der Waals surface area contributed by atoms with Gasteiger partial charge in [-0.05, 0) is 31.4 Å². The minimum atomic E-state index is -0.802. The first-order valence-electron chi connectivity index (χ1n) is 6.09. The minimum Gasteiger partial charge on any atom is -0.480 e. The highest BCUT2D eigenvalue weighted by Crippen LogP contribution is 2.30. The summed E-state index contributed by atoms with van der Waals surface area (Å²) in [6, 6.07) is 7.12. The summed E-state index contributed by atoms with van der Waals surface area (Å²) in [6.07, 6.45) is 2.42. The molecule has 0 saturated carbocycles. The van der Waals surface area contributed by atoms with Crippen LogP contribution in [0.15, 0.2) is 28.8 Å². The molecule has 1 saturated heterocycles. The van der Waals surface area contributed by atoms with E-state index >= 15 is 0 Å². The summed E-state index contributed by atoms with van der Waals surface area (Å²) in [4.78, 5) is 11.0. The van der Waals surface area contributed by atoms with E-state index in [-0.39, 0.29) is 6.04 Å². The fourth-order valence-electron chi connectivity index (χ4n) is 2.50.